The van der Waals surface area contributed by atoms with Crippen LogP contribution in [0.4, 0.5) is 11.6 Å². The number of piperazine rings is 1. The average Bonchev–Trinajstić information content (AvgIpc) is 2.72. The second-order valence-electron chi connectivity index (χ2n) is 6.03. The van der Waals surface area contributed by atoms with Crippen LogP contribution in [0.25, 0.3) is 0 Å². The van der Waals surface area contributed by atoms with Gasteiger partial charge in [-0.15, -0.1) is 0 Å². The second kappa shape index (κ2) is 9.10. The van der Waals surface area contributed by atoms with Crippen molar-refractivity contribution in [2.24, 2.45) is 0 Å². The first-order chi connectivity index (χ1) is 12.8. The number of ether oxygens (including phenoxy) is 1. The number of carbonyl (C=O) groups is 1. The molecule has 2 aromatic rings. The third-order valence-electron chi connectivity index (χ3n) is 4.24. The van der Waals surface area contributed by atoms with Crippen molar-refractivity contribution in [3.8, 4) is 0 Å². The van der Waals surface area contributed by atoms with Gasteiger partial charge in [0.1, 0.15) is 5.69 Å². The molecule has 1 aliphatic rings. The van der Waals surface area contributed by atoms with Crippen LogP contribution < -0.4 is 10.2 Å². The third-order valence-corrected chi connectivity index (χ3v) is 4.24. The van der Waals surface area contributed by atoms with Crippen molar-refractivity contribution in [2.75, 3.05) is 56.7 Å². The fourth-order valence-electron chi connectivity index (χ4n) is 2.80. The SMILES string of the molecule is COCCCNc1ccc(C(=O)N2CCN(c3ncccn3)CC2)nc1. The lowest BCUT2D eigenvalue weighted by molar-refractivity contribution is 0.0740. The van der Waals surface area contributed by atoms with Crippen molar-refractivity contribution < 1.29 is 9.53 Å². The Bertz CT molecular complexity index is 687. The minimum absolute atomic E-state index is 0.0374. The fourth-order valence-corrected chi connectivity index (χ4v) is 2.80. The number of aromatic nitrogens is 3. The predicted molar refractivity (Wildman–Crippen MR) is 99.4 cm³/mol. The molecular formula is C18H24N6O2. The highest BCUT2D eigenvalue weighted by Gasteiger charge is 2.23. The number of pyridine rings is 1. The normalized spacial score (nSPS) is 14.3. The van der Waals surface area contributed by atoms with Gasteiger partial charge in [-0.2, -0.15) is 0 Å². The van der Waals surface area contributed by atoms with Crippen LogP contribution in [0.15, 0.2) is 36.8 Å². The minimum atomic E-state index is -0.0374. The number of hydrogen-bond donors (Lipinski definition) is 1. The van der Waals surface area contributed by atoms with Gasteiger partial charge in [0, 0.05) is 58.8 Å². The number of amides is 1. The third kappa shape index (κ3) is 4.66. The van der Waals surface area contributed by atoms with Gasteiger partial charge in [-0.1, -0.05) is 0 Å². The van der Waals surface area contributed by atoms with Gasteiger partial charge >= 0.3 is 0 Å². The first-order valence-corrected chi connectivity index (χ1v) is 8.78. The van der Waals surface area contributed by atoms with E-state index in [2.05, 4.69) is 25.2 Å². The Hall–Kier alpha value is -2.74. The van der Waals surface area contributed by atoms with Crippen LogP contribution in [0.2, 0.25) is 0 Å². The second-order valence-corrected chi connectivity index (χ2v) is 6.03. The van der Waals surface area contributed by atoms with Gasteiger partial charge in [0.15, 0.2) is 0 Å². The molecule has 1 N–H and O–H groups in total. The molecule has 0 aromatic carbocycles. The van der Waals surface area contributed by atoms with Crippen LogP contribution >= 0.6 is 0 Å². The first-order valence-electron chi connectivity index (χ1n) is 8.78. The quantitative estimate of drug-likeness (QED) is 0.748. The van der Waals surface area contributed by atoms with Crippen molar-refractivity contribution in [3.63, 3.8) is 0 Å². The van der Waals surface area contributed by atoms with E-state index in [1.54, 1.807) is 37.8 Å². The van der Waals surface area contributed by atoms with Crippen molar-refractivity contribution in [1.29, 1.82) is 0 Å². The van der Waals surface area contributed by atoms with Crippen LogP contribution in [0.3, 0.4) is 0 Å². The standard InChI is InChI=1S/C18H24N6O2/c1-26-13-3-8-19-15-4-5-16(22-14-15)17(25)23-9-11-24(12-10-23)18-20-6-2-7-21-18/h2,4-7,14,19H,3,8-13H2,1H3. The van der Waals surface area contributed by atoms with Crippen molar-refractivity contribution in [1.82, 2.24) is 19.9 Å². The molecule has 0 spiro atoms. The van der Waals surface area contributed by atoms with Gasteiger partial charge in [-0.25, -0.2) is 15.0 Å². The molecule has 0 radical (unpaired) electrons. The van der Waals surface area contributed by atoms with E-state index < -0.39 is 0 Å². The van der Waals surface area contributed by atoms with E-state index in [0.29, 0.717) is 24.7 Å². The molecule has 8 heteroatoms. The zero-order valence-electron chi connectivity index (χ0n) is 15.0. The van der Waals surface area contributed by atoms with Crippen molar-refractivity contribution in [3.05, 3.63) is 42.5 Å². The van der Waals surface area contributed by atoms with Gasteiger partial charge in [0.2, 0.25) is 5.95 Å². The highest BCUT2D eigenvalue weighted by atomic mass is 16.5. The molecule has 0 unspecified atom stereocenters. The number of nitrogens with one attached hydrogen (secondary N) is 1. The lowest BCUT2D eigenvalue weighted by atomic mass is 10.2. The molecule has 3 heterocycles. The molecule has 3 rings (SSSR count). The van der Waals surface area contributed by atoms with Crippen molar-refractivity contribution >= 4 is 17.5 Å². The van der Waals surface area contributed by atoms with Crippen molar-refractivity contribution in [2.45, 2.75) is 6.42 Å². The van der Waals surface area contributed by atoms with Crippen LogP contribution in [0, 0.1) is 0 Å². The zero-order chi connectivity index (χ0) is 18.2. The van der Waals surface area contributed by atoms with E-state index in [0.717, 1.165) is 38.3 Å². The Kier molecular flexibility index (Phi) is 6.32. The summed E-state index contributed by atoms with van der Waals surface area (Å²) >= 11 is 0. The summed E-state index contributed by atoms with van der Waals surface area (Å²) in [5.41, 5.74) is 1.38. The predicted octanol–water partition coefficient (Wildman–Crippen LogP) is 1.28. The van der Waals surface area contributed by atoms with E-state index in [4.69, 9.17) is 4.74 Å². The lowest BCUT2D eigenvalue weighted by Gasteiger charge is -2.34. The highest BCUT2D eigenvalue weighted by Crippen LogP contribution is 2.13. The monoisotopic (exact) mass is 356 g/mol. The molecule has 2 aromatic heterocycles. The Morgan fingerprint density at radius 3 is 2.58 bits per heavy atom. The van der Waals surface area contributed by atoms with Gasteiger partial charge < -0.3 is 19.9 Å². The van der Waals surface area contributed by atoms with Crippen LogP contribution in [-0.2, 0) is 4.74 Å². The van der Waals surface area contributed by atoms with E-state index in [1.165, 1.54) is 0 Å². The molecule has 8 nitrogen and oxygen atoms in total. The lowest BCUT2D eigenvalue weighted by Crippen LogP contribution is -2.49. The molecule has 138 valence electrons. The summed E-state index contributed by atoms with van der Waals surface area (Å²) in [6, 6.07) is 5.46. The minimum Gasteiger partial charge on any atom is -0.385 e. The summed E-state index contributed by atoms with van der Waals surface area (Å²) in [5.74, 6) is 0.672. The summed E-state index contributed by atoms with van der Waals surface area (Å²) in [6.07, 6.45) is 6.09. The summed E-state index contributed by atoms with van der Waals surface area (Å²) in [7, 11) is 1.69. The van der Waals surface area contributed by atoms with Crippen LogP contribution in [0.1, 0.15) is 16.9 Å². The number of hydrogen-bond acceptors (Lipinski definition) is 7. The fraction of sp³-hybridized carbons (Fsp3) is 0.444. The number of carbonyl (C=O) groups excluding carboxylic acids is 1. The van der Waals surface area contributed by atoms with Crippen LogP contribution in [-0.4, -0.2) is 72.2 Å². The van der Waals surface area contributed by atoms with Gasteiger partial charge in [-0.3, -0.25) is 4.79 Å². The maximum absolute atomic E-state index is 12.6. The van der Waals surface area contributed by atoms with E-state index >= 15 is 0 Å². The Labute approximate surface area is 153 Å². The van der Waals surface area contributed by atoms with Crippen LogP contribution in [0.5, 0.6) is 0 Å². The summed E-state index contributed by atoms with van der Waals surface area (Å²) < 4.78 is 5.02. The molecule has 1 amide bonds. The zero-order valence-corrected chi connectivity index (χ0v) is 15.0. The average molecular weight is 356 g/mol. The van der Waals surface area contributed by atoms with E-state index in [1.807, 2.05) is 11.0 Å². The smallest absolute Gasteiger partial charge is 0.272 e. The maximum Gasteiger partial charge on any atom is 0.272 e. The number of methoxy groups -OCH3 is 1. The largest absolute Gasteiger partial charge is 0.385 e. The first kappa shape index (κ1) is 18.1. The molecule has 26 heavy (non-hydrogen) atoms. The molecule has 1 aliphatic heterocycles. The summed E-state index contributed by atoms with van der Waals surface area (Å²) in [4.78, 5) is 29.4. The molecule has 0 bridgehead atoms. The Balaban J connectivity index is 1.50. The summed E-state index contributed by atoms with van der Waals surface area (Å²) in [5, 5.41) is 3.26. The maximum atomic E-state index is 12.6. The Morgan fingerprint density at radius 2 is 1.92 bits per heavy atom. The van der Waals surface area contributed by atoms with Gasteiger partial charge in [-0.05, 0) is 24.6 Å². The van der Waals surface area contributed by atoms with E-state index in [9.17, 15) is 4.79 Å². The molecule has 0 atom stereocenters. The highest BCUT2D eigenvalue weighted by molar-refractivity contribution is 5.92. The van der Waals surface area contributed by atoms with Gasteiger partial charge in [0.25, 0.3) is 5.91 Å². The number of anilines is 2. The topological polar surface area (TPSA) is 83.5 Å². The molecule has 1 saturated heterocycles. The number of nitrogens with zero attached hydrogens (tertiary/aromatic N) is 5. The number of rotatable bonds is 7. The molecule has 0 saturated carbocycles. The molecule has 0 aliphatic carbocycles. The van der Waals surface area contributed by atoms with E-state index in [-0.39, 0.29) is 5.91 Å². The van der Waals surface area contributed by atoms with Gasteiger partial charge in [0.05, 0.1) is 11.9 Å². The summed E-state index contributed by atoms with van der Waals surface area (Å²) in [6.45, 7) is 4.23. The Morgan fingerprint density at radius 1 is 1.15 bits per heavy atom. The molecular weight excluding hydrogens is 332 g/mol. The molecule has 1 fully saturated rings.